The van der Waals surface area contributed by atoms with Gasteiger partial charge < -0.3 is 4.74 Å². The Hall–Kier alpha value is -2.19. The minimum atomic E-state index is -0.438. The predicted octanol–water partition coefficient (Wildman–Crippen LogP) is 2.21. The first-order valence-corrected chi connectivity index (χ1v) is 9.12. The Morgan fingerprint density at radius 3 is 2.40 bits per heavy atom. The topological polar surface area (TPSA) is 66.9 Å². The lowest BCUT2D eigenvalue weighted by Gasteiger charge is -2.25. The number of rotatable bonds is 4. The highest BCUT2D eigenvalue weighted by Crippen LogP contribution is 2.49. The van der Waals surface area contributed by atoms with E-state index in [-0.39, 0.29) is 28.0 Å². The second-order valence-electron chi connectivity index (χ2n) is 5.93. The third-order valence-electron chi connectivity index (χ3n) is 4.30. The van der Waals surface area contributed by atoms with E-state index in [0.29, 0.717) is 17.9 Å². The number of hydrogen-bond donors (Lipinski definition) is 0. The van der Waals surface area contributed by atoms with Crippen LogP contribution in [0.2, 0.25) is 0 Å². The number of fused-ring (bicyclic) bond motifs is 1. The molecule has 128 valence electrons. The monoisotopic (exact) mass is 374 g/mol. The minimum Gasteiger partial charge on any atom is -0.494 e. The maximum atomic E-state index is 12.7. The van der Waals surface area contributed by atoms with E-state index in [9.17, 15) is 14.4 Å². The van der Waals surface area contributed by atoms with E-state index >= 15 is 0 Å². The average Bonchev–Trinajstić information content (AvgIpc) is 3.29. The van der Waals surface area contributed by atoms with E-state index in [1.807, 2.05) is 31.2 Å². The van der Waals surface area contributed by atoms with Gasteiger partial charge in [0.25, 0.3) is 17.7 Å². The number of benzene rings is 1. The number of thioether (sulfide) groups is 1. The standard InChI is InChI=1S/C17H14N2O4S2/c1-2-23-10-5-3-9(4-6-10)7-13-16(22)19(17(24)25-13)18-14(20)11-8-12(11)15(18)21/h3-7,11-12H,2,8H2,1H3/b13-7-/t11-,12-/m1/s1. The number of piperidine rings is 1. The van der Waals surface area contributed by atoms with Crippen molar-refractivity contribution in [3.05, 3.63) is 34.7 Å². The molecule has 2 saturated heterocycles. The van der Waals surface area contributed by atoms with E-state index in [0.717, 1.165) is 33.1 Å². The van der Waals surface area contributed by atoms with Gasteiger partial charge in [-0.05, 0) is 49.3 Å². The molecule has 3 aliphatic rings. The molecule has 2 atom stereocenters. The number of hydrazine groups is 1. The number of imide groups is 1. The Labute approximate surface area is 153 Å². The maximum absolute atomic E-state index is 12.7. The first-order valence-electron chi connectivity index (χ1n) is 7.89. The number of thiocarbonyl (C=S) groups is 1. The molecule has 6 nitrogen and oxygen atoms in total. The molecule has 25 heavy (non-hydrogen) atoms. The Morgan fingerprint density at radius 1 is 1.16 bits per heavy atom. The van der Waals surface area contributed by atoms with Crippen LogP contribution in [0.5, 0.6) is 5.75 Å². The zero-order chi connectivity index (χ0) is 17.7. The minimum absolute atomic E-state index is 0.199. The summed E-state index contributed by atoms with van der Waals surface area (Å²) in [4.78, 5) is 37.5. The SMILES string of the molecule is CCOc1ccc(/C=C2\SC(=S)N(N3C(=O)[C@@H]4C[C@H]4C3=O)C2=O)cc1. The molecule has 0 radical (unpaired) electrons. The van der Waals surface area contributed by atoms with Crippen LogP contribution in [0.3, 0.4) is 0 Å². The van der Waals surface area contributed by atoms with Gasteiger partial charge in [-0.3, -0.25) is 14.4 Å². The largest absolute Gasteiger partial charge is 0.494 e. The fourth-order valence-corrected chi connectivity index (χ4v) is 4.21. The highest BCUT2D eigenvalue weighted by Gasteiger charge is 2.62. The van der Waals surface area contributed by atoms with Crippen LogP contribution in [0.15, 0.2) is 29.2 Å². The van der Waals surface area contributed by atoms with Crippen molar-refractivity contribution in [1.82, 2.24) is 10.0 Å². The summed E-state index contributed by atoms with van der Waals surface area (Å²) in [7, 11) is 0. The van der Waals surface area contributed by atoms with Crippen LogP contribution in [0, 0.1) is 11.8 Å². The summed E-state index contributed by atoms with van der Waals surface area (Å²) in [5, 5.41) is 1.97. The highest BCUT2D eigenvalue weighted by molar-refractivity contribution is 8.26. The molecule has 1 aliphatic carbocycles. The Bertz CT molecular complexity index is 814. The summed E-state index contributed by atoms with van der Waals surface area (Å²) in [6.07, 6.45) is 2.28. The van der Waals surface area contributed by atoms with Crippen molar-refractivity contribution >= 4 is 52.1 Å². The lowest BCUT2D eigenvalue weighted by Crippen LogP contribution is -2.50. The van der Waals surface area contributed by atoms with Crippen LogP contribution in [0.1, 0.15) is 18.9 Å². The molecule has 0 aromatic heterocycles. The summed E-state index contributed by atoms with van der Waals surface area (Å²) in [6, 6.07) is 7.30. The zero-order valence-electron chi connectivity index (χ0n) is 13.3. The van der Waals surface area contributed by atoms with Crippen molar-refractivity contribution in [3.8, 4) is 5.75 Å². The molecule has 1 aromatic rings. The number of hydrogen-bond acceptors (Lipinski definition) is 6. The van der Waals surface area contributed by atoms with Gasteiger partial charge in [-0.15, -0.1) is 0 Å². The summed E-state index contributed by atoms with van der Waals surface area (Å²) in [6.45, 7) is 2.49. The summed E-state index contributed by atoms with van der Waals surface area (Å²) < 4.78 is 5.59. The molecule has 4 rings (SSSR count). The maximum Gasteiger partial charge on any atom is 0.285 e. The third kappa shape index (κ3) is 2.65. The van der Waals surface area contributed by atoms with E-state index in [4.69, 9.17) is 17.0 Å². The molecule has 1 saturated carbocycles. The molecule has 0 unspecified atom stereocenters. The molecule has 2 heterocycles. The summed E-state index contributed by atoms with van der Waals surface area (Å²) in [5.41, 5.74) is 0.811. The van der Waals surface area contributed by atoms with Gasteiger partial charge in [0.05, 0.1) is 23.3 Å². The quantitative estimate of drug-likeness (QED) is 0.457. The van der Waals surface area contributed by atoms with Crippen molar-refractivity contribution in [2.45, 2.75) is 13.3 Å². The third-order valence-corrected chi connectivity index (χ3v) is 5.59. The van der Waals surface area contributed by atoms with Crippen molar-refractivity contribution < 1.29 is 19.1 Å². The molecule has 3 fully saturated rings. The average molecular weight is 374 g/mol. The predicted molar refractivity (Wildman–Crippen MR) is 96.1 cm³/mol. The van der Waals surface area contributed by atoms with Crippen LogP contribution in [0.25, 0.3) is 6.08 Å². The summed E-state index contributed by atoms with van der Waals surface area (Å²) in [5.74, 6) is -0.881. The molecule has 1 aromatic carbocycles. The number of amides is 3. The second-order valence-corrected chi connectivity index (χ2v) is 7.61. The van der Waals surface area contributed by atoms with Crippen LogP contribution >= 0.6 is 24.0 Å². The first-order chi connectivity index (χ1) is 12.0. The van der Waals surface area contributed by atoms with Gasteiger partial charge in [0.1, 0.15) is 5.75 Å². The lowest BCUT2D eigenvalue weighted by molar-refractivity contribution is -0.160. The van der Waals surface area contributed by atoms with Crippen LogP contribution in [-0.4, -0.2) is 38.7 Å². The number of nitrogens with zero attached hydrogens (tertiary/aromatic N) is 2. The highest BCUT2D eigenvalue weighted by atomic mass is 32.2. The van der Waals surface area contributed by atoms with E-state index in [1.165, 1.54) is 0 Å². The van der Waals surface area contributed by atoms with Gasteiger partial charge >= 0.3 is 0 Å². The zero-order valence-corrected chi connectivity index (χ0v) is 14.9. The lowest BCUT2D eigenvalue weighted by atomic mass is 10.2. The number of ether oxygens (including phenoxy) is 1. The first kappa shape index (κ1) is 16.3. The Balaban J connectivity index is 1.56. The molecule has 0 N–H and O–H groups in total. The molecule has 8 heteroatoms. The van der Waals surface area contributed by atoms with Crippen molar-refractivity contribution in [1.29, 1.82) is 0 Å². The fraction of sp³-hybridized carbons (Fsp3) is 0.294. The van der Waals surface area contributed by atoms with Gasteiger partial charge in [-0.1, -0.05) is 23.9 Å². The van der Waals surface area contributed by atoms with Crippen LogP contribution < -0.4 is 4.74 Å². The number of carbonyl (C=O) groups is 3. The normalized spacial score (nSPS) is 26.7. The van der Waals surface area contributed by atoms with E-state index in [2.05, 4.69) is 0 Å². The van der Waals surface area contributed by atoms with Gasteiger partial charge in [0.2, 0.25) is 0 Å². The molecule has 0 bridgehead atoms. The number of carbonyl (C=O) groups excluding carboxylic acids is 3. The molecule has 2 aliphatic heterocycles. The van der Waals surface area contributed by atoms with Gasteiger partial charge in [0.15, 0.2) is 4.32 Å². The van der Waals surface area contributed by atoms with E-state index < -0.39 is 5.91 Å². The fourth-order valence-electron chi connectivity index (χ4n) is 2.97. The van der Waals surface area contributed by atoms with Gasteiger partial charge in [-0.25, -0.2) is 0 Å². The molecule has 3 amide bonds. The second kappa shape index (κ2) is 5.96. The van der Waals surface area contributed by atoms with Crippen molar-refractivity contribution in [3.63, 3.8) is 0 Å². The van der Waals surface area contributed by atoms with Crippen molar-refractivity contribution in [2.75, 3.05) is 6.61 Å². The smallest absolute Gasteiger partial charge is 0.285 e. The Morgan fingerprint density at radius 2 is 1.80 bits per heavy atom. The van der Waals surface area contributed by atoms with Gasteiger partial charge in [0, 0.05) is 0 Å². The molecule has 0 spiro atoms. The van der Waals surface area contributed by atoms with Gasteiger partial charge in [-0.2, -0.15) is 10.0 Å². The Kier molecular flexibility index (Phi) is 3.88. The van der Waals surface area contributed by atoms with Crippen LogP contribution in [-0.2, 0) is 14.4 Å². The summed E-state index contributed by atoms with van der Waals surface area (Å²) >= 11 is 6.31. The molecular formula is C17H14N2O4S2. The van der Waals surface area contributed by atoms with E-state index in [1.54, 1.807) is 6.08 Å². The molecular weight excluding hydrogens is 360 g/mol. The van der Waals surface area contributed by atoms with Crippen molar-refractivity contribution in [2.24, 2.45) is 11.8 Å². The van der Waals surface area contributed by atoms with Crippen LogP contribution in [0.4, 0.5) is 0 Å².